The van der Waals surface area contributed by atoms with Crippen molar-refractivity contribution in [1.82, 2.24) is 4.90 Å². The van der Waals surface area contributed by atoms with Gasteiger partial charge in [0.15, 0.2) is 6.29 Å². The normalized spacial score (nSPS) is 29.7. The van der Waals surface area contributed by atoms with E-state index in [1.807, 2.05) is 0 Å². The number of rotatable bonds is 3. The van der Waals surface area contributed by atoms with Crippen molar-refractivity contribution in [2.75, 3.05) is 13.1 Å². The van der Waals surface area contributed by atoms with E-state index in [9.17, 15) is 13.6 Å². The zero-order valence-electron chi connectivity index (χ0n) is 10.7. The Bertz CT molecular complexity index is 295. The highest BCUT2D eigenvalue weighted by molar-refractivity contribution is 5.64. The van der Waals surface area contributed by atoms with Crippen LogP contribution >= 0.6 is 0 Å². The Morgan fingerprint density at radius 1 is 1.17 bits per heavy atom. The van der Waals surface area contributed by atoms with E-state index < -0.39 is 11.6 Å². The van der Waals surface area contributed by atoms with Crippen molar-refractivity contribution in [3.8, 4) is 0 Å². The van der Waals surface area contributed by atoms with Crippen molar-refractivity contribution in [2.45, 2.75) is 56.5 Å². The smallest absolute Gasteiger partial charge is 0.250 e. The number of halogens is 2. The third-order valence-corrected chi connectivity index (χ3v) is 4.49. The van der Waals surface area contributed by atoms with Crippen LogP contribution in [0.3, 0.4) is 0 Å². The van der Waals surface area contributed by atoms with Gasteiger partial charge in [0.1, 0.15) is 5.66 Å². The highest BCUT2D eigenvalue weighted by atomic mass is 19.3. The lowest BCUT2D eigenvalue weighted by Crippen LogP contribution is -2.65. The molecule has 0 radical (unpaired) electrons. The van der Waals surface area contributed by atoms with E-state index >= 15 is 0 Å². The van der Waals surface area contributed by atoms with Crippen LogP contribution in [-0.4, -0.2) is 35.9 Å². The van der Waals surface area contributed by atoms with Crippen LogP contribution in [0.5, 0.6) is 0 Å². The first-order chi connectivity index (χ1) is 8.48. The lowest BCUT2D eigenvalue weighted by atomic mass is 9.79. The Morgan fingerprint density at radius 2 is 1.72 bits per heavy atom. The SMILES string of the molecule is N[C@@](C=O)(C1CCCCC1)N1CCC(F)(F)CC1. The molecule has 0 bridgehead atoms. The Hall–Kier alpha value is -0.550. The standard InChI is InChI=1S/C13H22F2N2O/c14-12(15)6-8-17(9-7-12)13(16,10-18)11-4-2-1-3-5-11/h10-11H,1-9,16H2/t13-/m1/s1. The fourth-order valence-corrected chi connectivity index (χ4v) is 3.22. The van der Waals surface area contributed by atoms with Crippen LogP contribution in [0.2, 0.25) is 0 Å². The minimum Gasteiger partial charge on any atom is -0.307 e. The predicted octanol–water partition coefficient (Wildman–Crippen LogP) is 2.15. The maximum Gasteiger partial charge on any atom is 0.250 e. The predicted molar refractivity (Wildman–Crippen MR) is 65.3 cm³/mol. The molecule has 2 rings (SSSR count). The molecule has 2 N–H and O–H groups in total. The molecule has 0 aromatic carbocycles. The minimum atomic E-state index is -2.59. The van der Waals surface area contributed by atoms with Gasteiger partial charge in [-0.05, 0) is 18.8 Å². The zero-order chi connectivity index (χ0) is 13.2. The molecule has 0 aromatic rings. The van der Waals surface area contributed by atoms with Gasteiger partial charge in [0.2, 0.25) is 0 Å². The van der Waals surface area contributed by atoms with E-state index in [0.717, 1.165) is 32.0 Å². The molecule has 18 heavy (non-hydrogen) atoms. The maximum atomic E-state index is 13.2. The molecule has 1 atom stereocenters. The van der Waals surface area contributed by atoms with Crippen LogP contribution in [0.25, 0.3) is 0 Å². The number of alkyl halides is 2. The molecule has 1 aliphatic carbocycles. The molecule has 0 unspecified atom stereocenters. The number of likely N-dealkylation sites (tertiary alicyclic amines) is 1. The Kier molecular flexibility index (Phi) is 4.02. The van der Waals surface area contributed by atoms with Gasteiger partial charge >= 0.3 is 0 Å². The Morgan fingerprint density at radius 3 is 2.22 bits per heavy atom. The second kappa shape index (κ2) is 5.21. The molecule has 0 amide bonds. The summed E-state index contributed by atoms with van der Waals surface area (Å²) in [7, 11) is 0. The fourth-order valence-electron chi connectivity index (χ4n) is 3.22. The number of nitrogens with zero attached hydrogens (tertiary/aromatic N) is 1. The molecule has 1 saturated heterocycles. The molecule has 104 valence electrons. The zero-order valence-corrected chi connectivity index (χ0v) is 10.7. The molecule has 5 heteroatoms. The van der Waals surface area contributed by atoms with Crippen LogP contribution in [0.15, 0.2) is 0 Å². The highest BCUT2D eigenvalue weighted by Crippen LogP contribution is 2.36. The largest absolute Gasteiger partial charge is 0.307 e. The van der Waals surface area contributed by atoms with Crippen molar-refractivity contribution in [2.24, 2.45) is 11.7 Å². The topological polar surface area (TPSA) is 46.3 Å². The summed E-state index contributed by atoms with van der Waals surface area (Å²) in [5.74, 6) is -2.47. The van der Waals surface area contributed by atoms with Gasteiger partial charge in [-0.25, -0.2) is 8.78 Å². The van der Waals surface area contributed by atoms with Gasteiger partial charge in [0, 0.05) is 25.9 Å². The van der Waals surface area contributed by atoms with Crippen LogP contribution in [0.1, 0.15) is 44.9 Å². The number of carbonyl (C=O) groups is 1. The van der Waals surface area contributed by atoms with Crippen LogP contribution in [-0.2, 0) is 4.79 Å². The molecule has 1 aliphatic heterocycles. The van der Waals surface area contributed by atoms with Crippen LogP contribution < -0.4 is 5.73 Å². The second-order valence-electron chi connectivity index (χ2n) is 5.68. The van der Waals surface area contributed by atoms with Crippen LogP contribution in [0, 0.1) is 5.92 Å². The average molecular weight is 260 g/mol. The molecule has 0 aromatic heterocycles. The van der Waals surface area contributed by atoms with Crippen molar-refractivity contribution in [3.63, 3.8) is 0 Å². The Balaban J connectivity index is 2.05. The highest BCUT2D eigenvalue weighted by Gasteiger charge is 2.45. The fraction of sp³-hybridized carbons (Fsp3) is 0.923. The lowest BCUT2D eigenvalue weighted by molar-refractivity contribution is -0.132. The summed E-state index contributed by atoms with van der Waals surface area (Å²) < 4.78 is 26.3. The molecule has 1 heterocycles. The summed E-state index contributed by atoms with van der Waals surface area (Å²) in [6.07, 6.45) is 5.63. The molecular formula is C13H22F2N2O. The third kappa shape index (κ3) is 2.72. The van der Waals surface area contributed by atoms with Crippen molar-refractivity contribution in [3.05, 3.63) is 0 Å². The van der Waals surface area contributed by atoms with Gasteiger partial charge < -0.3 is 5.73 Å². The van der Waals surface area contributed by atoms with Gasteiger partial charge in [0.25, 0.3) is 5.92 Å². The summed E-state index contributed by atoms with van der Waals surface area (Å²) >= 11 is 0. The minimum absolute atomic E-state index is 0.121. The average Bonchev–Trinajstić information content (AvgIpc) is 2.39. The van der Waals surface area contributed by atoms with Crippen LogP contribution in [0.4, 0.5) is 8.78 Å². The number of nitrogens with two attached hydrogens (primary N) is 1. The monoisotopic (exact) mass is 260 g/mol. The molecule has 2 aliphatic rings. The number of aldehydes is 1. The van der Waals surface area contributed by atoms with Crippen molar-refractivity contribution >= 4 is 6.29 Å². The molecule has 2 fully saturated rings. The van der Waals surface area contributed by atoms with Crippen molar-refractivity contribution < 1.29 is 13.6 Å². The number of hydrogen-bond donors (Lipinski definition) is 1. The van der Waals surface area contributed by atoms with Gasteiger partial charge in [-0.2, -0.15) is 0 Å². The number of carbonyl (C=O) groups excluding carboxylic acids is 1. The van der Waals surface area contributed by atoms with Crippen molar-refractivity contribution in [1.29, 1.82) is 0 Å². The first kappa shape index (κ1) is 13.9. The van der Waals surface area contributed by atoms with Gasteiger partial charge in [0.05, 0.1) is 0 Å². The summed E-state index contributed by atoms with van der Waals surface area (Å²) in [6, 6.07) is 0. The summed E-state index contributed by atoms with van der Waals surface area (Å²) in [4.78, 5) is 13.2. The first-order valence-electron chi connectivity index (χ1n) is 6.86. The summed E-state index contributed by atoms with van der Waals surface area (Å²) in [5.41, 5.74) is 5.22. The van der Waals surface area contributed by atoms with E-state index in [2.05, 4.69) is 0 Å². The summed E-state index contributed by atoms with van der Waals surface area (Å²) in [6.45, 7) is 0.442. The van der Waals surface area contributed by atoms with Gasteiger partial charge in [-0.3, -0.25) is 9.69 Å². The third-order valence-electron chi connectivity index (χ3n) is 4.49. The van der Waals surface area contributed by atoms with E-state index in [-0.39, 0.29) is 31.8 Å². The Labute approximate surface area is 107 Å². The number of piperidine rings is 1. The second-order valence-corrected chi connectivity index (χ2v) is 5.68. The summed E-state index contributed by atoms with van der Waals surface area (Å²) in [5, 5.41) is 0. The van der Waals surface area contributed by atoms with E-state index in [0.29, 0.717) is 0 Å². The quantitative estimate of drug-likeness (QED) is 0.791. The molecule has 3 nitrogen and oxygen atoms in total. The maximum absolute atomic E-state index is 13.2. The van der Waals surface area contributed by atoms with Gasteiger partial charge in [-0.1, -0.05) is 19.3 Å². The number of hydrogen-bond acceptors (Lipinski definition) is 3. The molecule has 0 spiro atoms. The van der Waals surface area contributed by atoms with E-state index in [1.54, 1.807) is 4.90 Å². The lowest BCUT2D eigenvalue weighted by Gasteiger charge is -2.46. The molecule has 1 saturated carbocycles. The van der Waals surface area contributed by atoms with E-state index in [4.69, 9.17) is 5.73 Å². The molecular weight excluding hydrogens is 238 g/mol. The van der Waals surface area contributed by atoms with E-state index in [1.165, 1.54) is 6.42 Å². The van der Waals surface area contributed by atoms with Gasteiger partial charge in [-0.15, -0.1) is 0 Å². The first-order valence-corrected chi connectivity index (χ1v) is 6.86.